The van der Waals surface area contributed by atoms with Crippen LogP contribution in [-0.2, 0) is 4.74 Å². The largest absolute Gasteiger partial charge is 0.378 e. The topological polar surface area (TPSA) is 34.1 Å². The number of aromatic nitrogens is 1. The molecular formula is C9H11FN2O. The Hall–Kier alpha value is -1.00. The van der Waals surface area contributed by atoms with Crippen LogP contribution in [0.3, 0.4) is 0 Å². The zero-order valence-electron chi connectivity index (χ0n) is 7.16. The molecule has 0 spiro atoms. The third-order valence-corrected chi connectivity index (χ3v) is 2.04. The molecule has 70 valence electrons. The van der Waals surface area contributed by atoms with Crippen molar-refractivity contribution in [3.63, 3.8) is 0 Å². The fraction of sp³-hybridized carbons (Fsp3) is 0.444. The van der Waals surface area contributed by atoms with Gasteiger partial charge in [0.15, 0.2) is 0 Å². The normalized spacial score (nSPS) is 23.0. The maximum atomic E-state index is 13.2. The second-order valence-electron chi connectivity index (χ2n) is 2.95. The predicted molar refractivity (Wildman–Crippen MR) is 45.8 cm³/mol. The van der Waals surface area contributed by atoms with Crippen LogP contribution in [-0.4, -0.2) is 24.7 Å². The van der Waals surface area contributed by atoms with Crippen LogP contribution >= 0.6 is 0 Å². The number of hydrogen-bond acceptors (Lipinski definition) is 3. The van der Waals surface area contributed by atoms with Gasteiger partial charge in [0.2, 0.25) is 0 Å². The van der Waals surface area contributed by atoms with Crippen LogP contribution in [0.5, 0.6) is 0 Å². The zero-order valence-corrected chi connectivity index (χ0v) is 7.16. The van der Waals surface area contributed by atoms with Gasteiger partial charge in [-0.1, -0.05) is 0 Å². The van der Waals surface area contributed by atoms with Gasteiger partial charge in [-0.2, -0.15) is 0 Å². The van der Waals surface area contributed by atoms with Crippen molar-refractivity contribution in [2.75, 3.05) is 19.8 Å². The summed E-state index contributed by atoms with van der Waals surface area (Å²) in [5.74, 6) is -0.273. The van der Waals surface area contributed by atoms with Crippen molar-refractivity contribution in [2.24, 2.45) is 0 Å². The number of morpholine rings is 1. The third-order valence-electron chi connectivity index (χ3n) is 2.04. The van der Waals surface area contributed by atoms with Gasteiger partial charge < -0.3 is 10.1 Å². The lowest BCUT2D eigenvalue weighted by Crippen LogP contribution is -2.35. The summed E-state index contributed by atoms with van der Waals surface area (Å²) in [4.78, 5) is 3.98. The first-order valence-electron chi connectivity index (χ1n) is 4.29. The van der Waals surface area contributed by atoms with E-state index in [1.54, 1.807) is 12.3 Å². The smallest absolute Gasteiger partial charge is 0.146 e. The van der Waals surface area contributed by atoms with Crippen LogP contribution in [0.2, 0.25) is 0 Å². The van der Waals surface area contributed by atoms with Crippen molar-refractivity contribution in [1.29, 1.82) is 0 Å². The highest BCUT2D eigenvalue weighted by atomic mass is 19.1. The Morgan fingerprint density at radius 3 is 3.23 bits per heavy atom. The SMILES string of the molecule is Fc1cccnc1[C@@H]1COCCN1. The van der Waals surface area contributed by atoms with Gasteiger partial charge in [-0.15, -0.1) is 0 Å². The molecule has 2 rings (SSSR count). The molecule has 2 heterocycles. The summed E-state index contributed by atoms with van der Waals surface area (Å²) in [6.07, 6.45) is 1.59. The first-order chi connectivity index (χ1) is 6.38. The van der Waals surface area contributed by atoms with Crippen LogP contribution in [0.4, 0.5) is 4.39 Å². The first-order valence-corrected chi connectivity index (χ1v) is 4.29. The number of nitrogens with one attached hydrogen (secondary N) is 1. The second kappa shape index (κ2) is 3.81. The van der Waals surface area contributed by atoms with E-state index < -0.39 is 0 Å². The molecule has 3 nitrogen and oxygen atoms in total. The molecule has 1 aromatic heterocycles. The third kappa shape index (κ3) is 1.84. The molecule has 0 unspecified atom stereocenters. The Kier molecular flexibility index (Phi) is 2.52. The molecule has 1 aromatic rings. The molecule has 0 radical (unpaired) electrons. The molecule has 4 heteroatoms. The molecule has 0 aromatic carbocycles. The highest BCUT2D eigenvalue weighted by Crippen LogP contribution is 2.15. The number of rotatable bonds is 1. The molecule has 0 saturated carbocycles. The molecule has 1 aliphatic heterocycles. The molecule has 1 aliphatic rings. The van der Waals surface area contributed by atoms with E-state index >= 15 is 0 Å². The minimum atomic E-state index is -0.273. The molecule has 1 N–H and O–H groups in total. The molecule has 0 aliphatic carbocycles. The number of hydrogen-bond donors (Lipinski definition) is 1. The van der Waals surface area contributed by atoms with Crippen molar-refractivity contribution in [2.45, 2.75) is 6.04 Å². The Morgan fingerprint density at radius 2 is 2.54 bits per heavy atom. The lowest BCUT2D eigenvalue weighted by atomic mass is 10.2. The van der Waals surface area contributed by atoms with E-state index in [0.717, 1.165) is 6.54 Å². The fourth-order valence-electron chi connectivity index (χ4n) is 1.40. The number of halogens is 1. The molecule has 1 fully saturated rings. The average molecular weight is 182 g/mol. The van der Waals surface area contributed by atoms with Gasteiger partial charge in [0, 0.05) is 12.7 Å². The predicted octanol–water partition coefficient (Wildman–Crippen LogP) is 0.882. The van der Waals surface area contributed by atoms with Crippen LogP contribution in [0.15, 0.2) is 18.3 Å². The average Bonchev–Trinajstić information content (AvgIpc) is 2.20. The van der Waals surface area contributed by atoms with Crippen molar-refractivity contribution in [1.82, 2.24) is 10.3 Å². The lowest BCUT2D eigenvalue weighted by Gasteiger charge is -2.23. The monoisotopic (exact) mass is 182 g/mol. The molecule has 0 bridgehead atoms. The Bertz CT molecular complexity index is 287. The van der Waals surface area contributed by atoms with E-state index in [1.165, 1.54) is 6.07 Å². The van der Waals surface area contributed by atoms with Gasteiger partial charge in [-0.25, -0.2) is 4.39 Å². The van der Waals surface area contributed by atoms with E-state index in [-0.39, 0.29) is 11.9 Å². The van der Waals surface area contributed by atoms with Crippen LogP contribution in [0, 0.1) is 5.82 Å². The number of pyridine rings is 1. The van der Waals surface area contributed by atoms with Gasteiger partial charge in [0.05, 0.1) is 24.9 Å². The summed E-state index contributed by atoms with van der Waals surface area (Å²) in [6.45, 7) is 1.93. The molecule has 0 amide bonds. The molecule has 1 saturated heterocycles. The Labute approximate surface area is 75.9 Å². The van der Waals surface area contributed by atoms with Crippen LogP contribution in [0.25, 0.3) is 0 Å². The minimum Gasteiger partial charge on any atom is -0.378 e. The summed E-state index contributed by atoms with van der Waals surface area (Å²) in [5.41, 5.74) is 0.446. The van der Waals surface area contributed by atoms with E-state index in [2.05, 4.69) is 10.3 Å². The summed E-state index contributed by atoms with van der Waals surface area (Å²) in [7, 11) is 0. The molecule has 1 atom stereocenters. The second-order valence-corrected chi connectivity index (χ2v) is 2.95. The maximum Gasteiger partial charge on any atom is 0.146 e. The van der Waals surface area contributed by atoms with Crippen molar-refractivity contribution >= 4 is 0 Å². The highest BCUT2D eigenvalue weighted by Gasteiger charge is 2.19. The van der Waals surface area contributed by atoms with Crippen molar-refractivity contribution < 1.29 is 9.13 Å². The summed E-state index contributed by atoms with van der Waals surface area (Å²) < 4.78 is 18.4. The molecule has 13 heavy (non-hydrogen) atoms. The molecular weight excluding hydrogens is 171 g/mol. The van der Waals surface area contributed by atoms with E-state index in [1.807, 2.05) is 0 Å². The van der Waals surface area contributed by atoms with Gasteiger partial charge >= 0.3 is 0 Å². The van der Waals surface area contributed by atoms with Crippen LogP contribution in [0.1, 0.15) is 11.7 Å². The number of nitrogens with zero attached hydrogens (tertiary/aromatic N) is 1. The Balaban J connectivity index is 2.18. The summed E-state index contributed by atoms with van der Waals surface area (Å²) >= 11 is 0. The quantitative estimate of drug-likeness (QED) is 0.700. The summed E-state index contributed by atoms with van der Waals surface area (Å²) in [6, 6.07) is 2.90. The van der Waals surface area contributed by atoms with Gasteiger partial charge in [-0.3, -0.25) is 4.98 Å². The van der Waals surface area contributed by atoms with Crippen LogP contribution < -0.4 is 5.32 Å². The zero-order chi connectivity index (χ0) is 9.10. The first kappa shape index (κ1) is 8.59. The lowest BCUT2D eigenvalue weighted by molar-refractivity contribution is 0.0743. The van der Waals surface area contributed by atoms with Gasteiger partial charge in [-0.05, 0) is 12.1 Å². The van der Waals surface area contributed by atoms with Gasteiger partial charge in [0.25, 0.3) is 0 Å². The fourth-order valence-corrected chi connectivity index (χ4v) is 1.40. The summed E-state index contributed by atoms with van der Waals surface area (Å²) in [5, 5.41) is 3.15. The van der Waals surface area contributed by atoms with E-state index in [9.17, 15) is 4.39 Å². The van der Waals surface area contributed by atoms with E-state index in [0.29, 0.717) is 18.9 Å². The van der Waals surface area contributed by atoms with Crippen molar-refractivity contribution in [3.8, 4) is 0 Å². The number of ether oxygens (including phenoxy) is 1. The van der Waals surface area contributed by atoms with E-state index in [4.69, 9.17) is 4.74 Å². The highest BCUT2D eigenvalue weighted by molar-refractivity contribution is 5.12. The standard InChI is InChI=1S/C9H11FN2O/c10-7-2-1-3-12-9(7)8-6-13-5-4-11-8/h1-3,8,11H,4-6H2/t8-/m0/s1. The maximum absolute atomic E-state index is 13.2. The van der Waals surface area contributed by atoms with Gasteiger partial charge in [0.1, 0.15) is 5.82 Å². The van der Waals surface area contributed by atoms with Crippen molar-refractivity contribution in [3.05, 3.63) is 29.8 Å². The minimum absolute atomic E-state index is 0.102. The Morgan fingerprint density at radius 1 is 1.62 bits per heavy atom.